The third-order valence-corrected chi connectivity index (χ3v) is 7.82. The quantitative estimate of drug-likeness (QED) is 0.799. The van der Waals surface area contributed by atoms with Gasteiger partial charge >= 0.3 is 0 Å². The first-order chi connectivity index (χ1) is 11.3. The zero-order valence-corrected chi connectivity index (χ0v) is 14.7. The topological polar surface area (TPSA) is 38.7 Å². The lowest BCUT2D eigenvalue weighted by molar-refractivity contribution is -0.118. The van der Waals surface area contributed by atoms with Crippen molar-refractivity contribution in [1.29, 1.82) is 0 Å². The van der Waals surface area contributed by atoms with E-state index >= 15 is 0 Å². The van der Waals surface area contributed by atoms with Crippen LogP contribution >= 0.6 is 0 Å². The predicted octanol–water partition coefficient (Wildman–Crippen LogP) is 3.99. The average molecular weight is 322 g/mol. The molecule has 3 nitrogen and oxygen atoms in total. The molecule has 0 radical (unpaired) electrons. The van der Waals surface area contributed by atoms with E-state index in [1.165, 1.54) is 51.4 Å². The van der Waals surface area contributed by atoms with Crippen molar-refractivity contribution in [2.24, 2.45) is 35.5 Å². The van der Waals surface area contributed by atoms with E-state index < -0.39 is 0 Å². The Hall–Kier alpha value is -0.120. The van der Waals surface area contributed by atoms with Crippen LogP contribution in [0.1, 0.15) is 64.2 Å². The molecule has 23 heavy (non-hydrogen) atoms. The lowest BCUT2D eigenvalue weighted by atomic mass is 9.51. The van der Waals surface area contributed by atoms with Crippen LogP contribution < -0.4 is 0 Å². The third-order valence-electron chi connectivity index (χ3n) is 7.82. The summed E-state index contributed by atoms with van der Waals surface area (Å²) in [5, 5.41) is 10.0. The molecule has 132 valence electrons. The van der Waals surface area contributed by atoms with E-state index in [2.05, 4.69) is 0 Å². The molecule has 0 aliphatic heterocycles. The molecule has 0 aromatic heterocycles. The smallest absolute Gasteiger partial charge is 0.146 e. The fraction of sp³-hybridized carbons (Fsp3) is 1.00. The summed E-state index contributed by atoms with van der Waals surface area (Å²) >= 11 is 0. The highest BCUT2D eigenvalue weighted by atomic mass is 16.7. The van der Waals surface area contributed by atoms with Crippen molar-refractivity contribution in [2.75, 3.05) is 13.9 Å². The van der Waals surface area contributed by atoms with Crippen LogP contribution in [0.3, 0.4) is 0 Å². The molecule has 8 atom stereocenters. The molecule has 0 amide bonds. The molecular formula is C20H34O3. The zero-order chi connectivity index (χ0) is 15.8. The van der Waals surface area contributed by atoms with Gasteiger partial charge in [-0.05, 0) is 99.7 Å². The minimum absolute atomic E-state index is 0.00230. The van der Waals surface area contributed by atoms with E-state index in [4.69, 9.17) is 9.47 Å². The summed E-state index contributed by atoms with van der Waals surface area (Å²) in [6.07, 6.45) is 13.4. The van der Waals surface area contributed by atoms with Gasteiger partial charge in [0.2, 0.25) is 0 Å². The molecule has 0 heterocycles. The molecule has 0 aromatic carbocycles. The maximum Gasteiger partial charge on any atom is 0.146 e. The molecule has 0 saturated heterocycles. The van der Waals surface area contributed by atoms with E-state index in [1.807, 2.05) is 0 Å². The van der Waals surface area contributed by atoms with Gasteiger partial charge in [-0.3, -0.25) is 0 Å². The Labute approximate surface area is 141 Å². The molecule has 0 aromatic rings. The molecule has 4 saturated carbocycles. The second-order valence-electron chi connectivity index (χ2n) is 8.81. The Morgan fingerprint density at radius 1 is 0.739 bits per heavy atom. The molecule has 0 unspecified atom stereocenters. The highest BCUT2D eigenvalue weighted by molar-refractivity contribution is 4.99. The molecule has 1 N–H and O–H groups in total. The Morgan fingerprint density at radius 2 is 1.35 bits per heavy atom. The Kier molecular flexibility index (Phi) is 4.99. The first kappa shape index (κ1) is 16.4. The van der Waals surface area contributed by atoms with Gasteiger partial charge in [-0.1, -0.05) is 0 Å². The molecule has 4 aliphatic rings. The Balaban J connectivity index is 1.40. The fourth-order valence-electron chi connectivity index (χ4n) is 6.92. The van der Waals surface area contributed by atoms with Crippen LogP contribution in [-0.4, -0.2) is 31.2 Å². The number of ether oxygens (including phenoxy) is 2. The lowest BCUT2D eigenvalue weighted by Gasteiger charge is -2.55. The van der Waals surface area contributed by atoms with E-state index in [0.717, 1.165) is 48.3 Å². The van der Waals surface area contributed by atoms with Crippen LogP contribution in [0.5, 0.6) is 0 Å². The summed E-state index contributed by atoms with van der Waals surface area (Å²) in [6, 6.07) is 0. The number of hydrogen-bond acceptors (Lipinski definition) is 3. The van der Waals surface area contributed by atoms with Crippen LogP contribution in [0, 0.1) is 35.5 Å². The van der Waals surface area contributed by atoms with Crippen molar-refractivity contribution >= 4 is 0 Å². The van der Waals surface area contributed by atoms with Gasteiger partial charge in [0.15, 0.2) is 0 Å². The van der Waals surface area contributed by atoms with Crippen molar-refractivity contribution < 1.29 is 14.6 Å². The molecule has 4 fully saturated rings. The van der Waals surface area contributed by atoms with E-state index in [-0.39, 0.29) is 6.10 Å². The lowest BCUT2D eigenvalue weighted by Crippen LogP contribution is -2.48. The molecule has 0 bridgehead atoms. The van der Waals surface area contributed by atoms with Gasteiger partial charge in [0, 0.05) is 7.11 Å². The van der Waals surface area contributed by atoms with Crippen molar-refractivity contribution in [3.8, 4) is 0 Å². The van der Waals surface area contributed by atoms with Gasteiger partial charge in [-0.15, -0.1) is 0 Å². The van der Waals surface area contributed by atoms with Crippen LogP contribution in [0.25, 0.3) is 0 Å². The van der Waals surface area contributed by atoms with Crippen LogP contribution in [0.2, 0.25) is 0 Å². The van der Waals surface area contributed by atoms with E-state index in [0.29, 0.717) is 12.9 Å². The zero-order valence-electron chi connectivity index (χ0n) is 14.7. The largest absolute Gasteiger partial charge is 0.393 e. The summed E-state index contributed by atoms with van der Waals surface area (Å²) in [6.45, 7) is 0.459. The second kappa shape index (κ2) is 7.01. The monoisotopic (exact) mass is 322 g/mol. The predicted molar refractivity (Wildman–Crippen MR) is 89.9 cm³/mol. The summed E-state index contributed by atoms with van der Waals surface area (Å²) in [4.78, 5) is 0. The Bertz CT molecular complexity index is 398. The Morgan fingerprint density at radius 3 is 2.04 bits per heavy atom. The number of fused-ring (bicyclic) bond motifs is 5. The molecule has 4 rings (SSSR count). The summed E-state index contributed by atoms with van der Waals surface area (Å²) in [5.74, 6) is 5.58. The first-order valence-electron chi connectivity index (χ1n) is 10.0. The fourth-order valence-corrected chi connectivity index (χ4v) is 6.92. The minimum Gasteiger partial charge on any atom is -0.393 e. The van der Waals surface area contributed by atoms with E-state index in [1.54, 1.807) is 7.11 Å². The van der Waals surface area contributed by atoms with Crippen molar-refractivity contribution in [3.05, 3.63) is 0 Å². The molecule has 4 aliphatic carbocycles. The van der Waals surface area contributed by atoms with Crippen LogP contribution in [0.4, 0.5) is 0 Å². The third kappa shape index (κ3) is 3.21. The minimum atomic E-state index is -0.00230. The number of aliphatic hydroxyl groups excluding tert-OH is 1. The van der Waals surface area contributed by atoms with Crippen molar-refractivity contribution in [1.82, 2.24) is 0 Å². The van der Waals surface area contributed by atoms with Gasteiger partial charge < -0.3 is 14.6 Å². The SMILES string of the molecule is COCO[C@@H]1CC[C@H]2[C@@H](CC[C@@H]3[C@@H]2CC[C@@H]2C[C@@H](O)CC[C@H]23)C1. The van der Waals surface area contributed by atoms with E-state index in [9.17, 15) is 5.11 Å². The maximum atomic E-state index is 10.0. The maximum absolute atomic E-state index is 10.0. The van der Waals surface area contributed by atoms with Gasteiger partial charge in [0.05, 0.1) is 12.2 Å². The van der Waals surface area contributed by atoms with Gasteiger partial charge in [0.25, 0.3) is 0 Å². The summed E-state index contributed by atoms with van der Waals surface area (Å²) in [7, 11) is 1.72. The normalized spacial score (nSPS) is 49.8. The summed E-state index contributed by atoms with van der Waals surface area (Å²) < 4.78 is 11.0. The van der Waals surface area contributed by atoms with Crippen LogP contribution in [-0.2, 0) is 9.47 Å². The second-order valence-corrected chi connectivity index (χ2v) is 8.81. The molecule has 0 spiro atoms. The summed E-state index contributed by atoms with van der Waals surface area (Å²) in [5.41, 5.74) is 0. The highest BCUT2D eigenvalue weighted by Crippen LogP contribution is 2.57. The van der Waals surface area contributed by atoms with Gasteiger partial charge in [0.1, 0.15) is 6.79 Å². The van der Waals surface area contributed by atoms with Gasteiger partial charge in [-0.25, -0.2) is 0 Å². The standard InChI is InChI=1S/C20H34O3/c1-22-12-23-16-5-9-18-14(11-16)3-7-19-17-8-4-15(21)10-13(17)2-6-20(18)19/h13-21H,2-12H2,1H3/t13-,14+,15+,16-,17-,18+,19+,20-/m1/s1. The van der Waals surface area contributed by atoms with Crippen molar-refractivity contribution in [2.45, 2.75) is 76.4 Å². The number of rotatable bonds is 3. The van der Waals surface area contributed by atoms with Crippen LogP contribution in [0.15, 0.2) is 0 Å². The molecular weight excluding hydrogens is 288 g/mol. The first-order valence-corrected chi connectivity index (χ1v) is 10.0. The van der Waals surface area contributed by atoms with Crippen molar-refractivity contribution in [3.63, 3.8) is 0 Å². The molecule has 3 heteroatoms. The average Bonchev–Trinajstić information content (AvgIpc) is 2.58. The van der Waals surface area contributed by atoms with Gasteiger partial charge in [-0.2, -0.15) is 0 Å². The number of methoxy groups -OCH3 is 1. The number of hydrogen-bond donors (Lipinski definition) is 1. The highest BCUT2D eigenvalue weighted by Gasteiger charge is 2.49. The number of aliphatic hydroxyl groups is 1.